The van der Waals surface area contributed by atoms with Crippen LogP contribution in [0.2, 0.25) is 0 Å². The molecule has 14 heteroatoms. The number of carbonyl (C=O) groups excluding carboxylic acids is 2. The second kappa shape index (κ2) is 8.03. The first-order chi connectivity index (χ1) is 10.2. The highest BCUT2D eigenvalue weighted by Crippen LogP contribution is 2.46. The summed E-state index contributed by atoms with van der Waals surface area (Å²) >= 11 is 0. The monoisotopic (exact) mass is 378 g/mol. The molecule has 0 aromatic carbocycles. The fraction of sp³-hybridized carbons (Fsp3) is 0.778. The number of carbonyl (C=O) groups is 2. The molecular formula is C9H12F6O7S. The Morgan fingerprint density at radius 1 is 1.00 bits per heavy atom. The van der Waals surface area contributed by atoms with Crippen LogP contribution in [0.15, 0.2) is 0 Å². The van der Waals surface area contributed by atoms with E-state index in [1.54, 1.807) is 0 Å². The van der Waals surface area contributed by atoms with Gasteiger partial charge in [0, 0.05) is 0 Å². The van der Waals surface area contributed by atoms with E-state index in [-0.39, 0.29) is 0 Å². The minimum absolute atomic E-state index is 0.653. The largest absolute Gasteiger partial charge is 0.456 e. The molecule has 0 aliphatic rings. The topological polar surface area (TPSA) is 102 Å². The standard InChI is InChI=1S/C9H12F6O7S/c1-20-23(18,19)5(7(17)22-4-9(13,14)15)2-6(16)21-3-8(10,11)12/h5,18-19H,2-4H2,1H3. The summed E-state index contributed by atoms with van der Waals surface area (Å²) in [5, 5.41) is -2.38. The van der Waals surface area contributed by atoms with Gasteiger partial charge in [0.05, 0.1) is 24.4 Å². The summed E-state index contributed by atoms with van der Waals surface area (Å²) in [5.41, 5.74) is 0. The second-order valence-electron chi connectivity index (χ2n) is 3.90. The molecule has 23 heavy (non-hydrogen) atoms. The van der Waals surface area contributed by atoms with Crippen LogP contribution < -0.4 is 0 Å². The van der Waals surface area contributed by atoms with Gasteiger partial charge in [-0.05, 0) is 0 Å². The maximum atomic E-state index is 11.9. The lowest BCUT2D eigenvalue weighted by Gasteiger charge is -2.31. The van der Waals surface area contributed by atoms with Gasteiger partial charge in [-0.3, -0.25) is 13.8 Å². The predicted octanol–water partition coefficient (Wildman–Crippen LogP) is 2.27. The number of esters is 2. The molecule has 1 unspecified atom stereocenters. The first-order valence-electron chi connectivity index (χ1n) is 5.46. The Kier molecular flexibility index (Phi) is 7.59. The first kappa shape index (κ1) is 21.8. The van der Waals surface area contributed by atoms with Crippen LogP contribution in [-0.4, -0.2) is 59.0 Å². The van der Waals surface area contributed by atoms with Crippen molar-refractivity contribution in [2.75, 3.05) is 20.3 Å². The van der Waals surface area contributed by atoms with E-state index in [9.17, 15) is 45.0 Å². The van der Waals surface area contributed by atoms with Gasteiger partial charge in [-0.15, -0.1) is 0 Å². The average molecular weight is 378 g/mol. The number of hydrogen-bond donors (Lipinski definition) is 2. The molecule has 0 rings (SSSR count). The van der Waals surface area contributed by atoms with Crippen molar-refractivity contribution in [1.29, 1.82) is 0 Å². The zero-order valence-corrected chi connectivity index (χ0v) is 12.1. The molecule has 0 bridgehead atoms. The highest BCUT2D eigenvalue weighted by Gasteiger charge is 2.42. The fourth-order valence-electron chi connectivity index (χ4n) is 1.05. The summed E-state index contributed by atoms with van der Waals surface area (Å²) in [6.45, 7) is -4.12. The summed E-state index contributed by atoms with van der Waals surface area (Å²) in [6, 6.07) is 0. The van der Waals surface area contributed by atoms with Crippen molar-refractivity contribution in [2.24, 2.45) is 0 Å². The average Bonchev–Trinajstić information content (AvgIpc) is 2.38. The van der Waals surface area contributed by atoms with Crippen molar-refractivity contribution in [1.82, 2.24) is 0 Å². The smallest absolute Gasteiger partial charge is 0.422 e. The van der Waals surface area contributed by atoms with Crippen LogP contribution in [0.25, 0.3) is 0 Å². The molecule has 0 amide bonds. The lowest BCUT2D eigenvalue weighted by Crippen LogP contribution is -2.35. The molecule has 138 valence electrons. The van der Waals surface area contributed by atoms with Gasteiger partial charge in [0.2, 0.25) is 0 Å². The van der Waals surface area contributed by atoms with E-state index in [2.05, 4.69) is 13.7 Å². The van der Waals surface area contributed by atoms with Gasteiger partial charge >= 0.3 is 24.3 Å². The molecule has 2 N–H and O–H groups in total. The minimum Gasteiger partial charge on any atom is -0.456 e. The summed E-state index contributed by atoms with van der Waals surface area (Å²) in [4.78, 5) is 22.6. The van der Waals surface area contributed by atoms with Gasteiger partial charge < -0.3 is 18.6 Å². The zero-order valence-electron chi connectivity index (χ0n) is 11.3. The molecule has 7 nitrogen and oxygen atoms in total. The van der Waals surface area contributed by atoms with Crippen LogP contribution in [0, 0.1) is 0 Å². The van der Waals surface area contributed by atoms with E-state index in [1.807, 2.05) is 0 Å². The number of rotatable bonds is 7. The molecule has 0 fully saturated rings. The fourth-order valence-corrected chi connectivity index (χ4v) is 1.96. The molecule has 0 aromatic heterocycles. The molecule has 0 saturated carbocycles. The highest BCUT2D eigenvalue weighted by molar-refractivity contribution is 8.21. The highest BCUT2D eigenvalue weighted by atomic mass is 32.3. The summed E-state index contributed by atoms with van der Waals surface area (Å²) < 4.78 is 102. The number of ether oxygens (including phenoxy) is 2. The second-order valence-corrected chi connectivity index (χ2v) is 5.87. The van der Waals surface area contributed by atoms with E-state index in [1.165, 1.54) is 0 Å². The lowest BCUT2D eigenvalue weighted by atomic mass is 10.3. The van der Waals surface area contributed by atoms with E-state index >= 15 is 0 Å². The lowest BCUT2D eigenvalue weighted by molar-refractivity contribution is -0.189. The van der Waals surface area contributed by atoms with Crippen LogP contribution >= 0.6 is 10.9 Å². The van der Waals surface area contributed by atoms with Crippen molar-refractivity contribution in [2.45, 2.75) is 24.0 Å². The van der Waals surface area contributed by atoms with Gasteiger partial charge in [-0.25, -0.2) is 0 Å². The van der Waals surface area contributed by atoms with Crippen molar-refractivity contribution in [3.8, 4) is 0 Å². The minimum atomic E-state index is -4.94. The molecule has 1 atom stereocenters. The third kappa shape index (κ3) is 9.47. The Balaban J connectivity index is 4.90. The summed E-state index contributed by atoms with van der Waals surface area (Å²) in [7, 11) is -3.75. The van der Waals surface area contributed by atoms with E-state index in [0.29, 0.717) is 7.11 Å². The number of hydrogen-bond acceptors (Lipinski definition) is 7. The Morgan fingerprint density at radius 2 is 1.43 bits per heavy atom. The molecule has 0 aliphatic heterocycles. The molecule has 0 aromatic rings. The van der Waals surface area contributed by atoms with Crippen LogP contribution in [0.5, 0.6) is 0 Å². The van der Waals surface area contributed by atoms with E-state index < -0.39 is 60.0 Å². The van der Waals surface area contributed by atoms with Gasteiger partial charge in [0.25, 0.3) is 0 Å². The molecule has 0 radical (unpaired) electrons. The van der Waals surface area contributed by atoms with Crippen LogP contribution in [0.3, 0.4) is 0 Å². The van der Waals surface area contributed by atoms with Crippen molar-refractivity contribution in [3.63, 3.8) is 0 Å². The molecule has 0 saturated heterocycles. The Labute approximate surface area is 127 Å². The van der Waals surface area contributed by atoms with E-state index in [0.717, 1.165) is 0 Å². The molecule has 0 aliphatic carbocycles. The maximum absolute atomic E-state index is 11.9. The zero-order chi connectivity index (χ0) is 18.5. The Morgan fingerprint density at radius 3 is 1.83 bits per heavy atom. The van der Waals surface area contributed by atoms with Crippen molar-refractivity contribution in [3.05, 3.63) is 0 Å². The quantitative estimate of drug-likeness (QED) is 0.518. The summed E-state index contributed by atoms with van der Waals surface area (Å²) in [5.74, 6) is -3.61. The van der Waals surface area contributed by atoms with Crippen LogP contribution in [0.1, 0.15) is 6.42 Å². The third-order valence-electron chi connectivity index (χ3n) is 2.01. The SMILES string of the molecule is COS(O)(O)C(CC(=O)OCC(F)(F)F)C(=O)OCC(F)(F)F. The van der Waals surface area contributed by atoms with Crippen LogP contribution in [0.4, 0.5) is 26.3 Å². The van der Waals surface area contributed by atoms with E-state index in [4.69, 9.17) is 0 Å². The normalized spacial score (nSPS) is 15.0. The first-order valence-corrected chi connectivity index (χ1v) is 7.00. The van der Waals surface area contributed by atoms with Gasteiger partial charge in [-0.1, -0.05) is 0 Å². The van der Waals surface area contributed by atoms with Crippen molar-refractivity contribution >= 4 is 22.8 Å². The van der Waals surface area contributed by atoms with Gasteiger partial charge in [0.1, 0.15) is 0 Å². The van der Waals surface area contributed by atoms with Crippen LogP contribution in [-0.2, 0) is 23.2 Å². The van der Waals surface area contributed by atoms with Gasteiger partial charge in [0.15, 0.2) is 18.5 Å². The molecule has 0 spiro atoms. The predicted molar refractivity (Wildman–Crippen MR) is 62.3 cm³/mol. The summed E-state index contributed by atoms with van der Waals surface area (Å²) in [6.07, 6.45) is -11.2. The maximum Gasteiger partial charge on any atom is 0.422 e. The molecular weight excluding hydrogens is 366 g/mol. The Bertz CT molecular complexity index is 422. The Hall–Kier alpha value is -1.25. The number of halogens is 6. The van der Waals surface area contributed by atoms with Crippen molar-refractivity contribution < 1.29 is 58.7 Å². The van der Waals surface area contributed by atoms with Gasteiger partial charge in [-0.2, -0.15) is 26.3 Å². The number of alkyl halides is 6. The third-order valence-corrected chi connectivity index (χ3v) is 3.60. The molecule has 0 heterocycles.